The smallest absolute Gasteiger partial charge is 0.275 e. The van der Waals surface area contributed by atoms with Crippen molar-refractivity contribution in [1.82, 2.24) is 0 Å². The zero-order valence-electron chi connectivity index (χ0n) is 13.7. The normalized spacial score (nSPS) is 18.2. The van der Waals surface area contributed by atoms with Gasteiger partial charge in [-0.25, -0.2) is 4.98 Å². The van der Waals surface area contributed by atoms with Gasteiger partial charge in [-0.3, -0.25) is 9.69 Å². The van der Waals surface area contributed by atoms with Crippen LogP contribution in [0.5, 0.6) is 0 Å². The van der Waals surface area contributed by atoms with Crippen LogP contribution in [-0.4, -0.2) is 19.0 Å². The van der Waals surface area contributed by atoms with Crippen LogP contribution in [0.2, 0.25) is 0 Å². The van der Waals surface area contributed by atoms with E-state index in [9.17, 15) is 4.79 Å². The number of fused-ring (bicyclic) bond motifs is 1. The molecule has 23 heavy (non-hydrogen) atoms. The van der Waals surface area contributed by atoms with E-state index in [2.05, 4.69) is 40.3 Å². The summed E-state index contributed by atoms with van der Waals surface area (Å²) >= 11 is 0. The van der Waals surface area contributed by atoms with E-state index in [4.69, 9.17) is 0 Å². The fraction of sp³-hybridized carbons (Fsp3) is 0.474. The molecule has 0 spiro atoms. The number of piperidine rings is 1. The molecular formula is C19H24N3O+. The average Bonchev–Trinajstić information content (AvgIpc) is 3.41. The number of aryl methyl sites for hydroxylation is 1. The third kappa shape index (κ3) is 3.03. The van der Waals surface area contributed by atoms with Crippen molar-refractivity contribution in [1.29, 1.82) is 0 Å². The second-order valence-corrected chi connectivity index (χ2v) is 6.91. The lowest BCUT2D eigenvalue weighted by Crippen LogP contribution is -2.34. The number of aromatic amines is 1. The molecule has 1 aromatic heterocycles. The molecule has 1 aliphatic carbocycles. The van der Waals surface area contributed by atoms with Gasteiger partial charge in [0.1, 0.15) is 5.52 Å². The number of nitrogens with zero attached hydrogens (tertiary/aromatic N) is 1. The summed E-state index contributed by atoms with van der Waals surface area (Å²) in [6.45, 7) is 4.42. The van der Waals surface area contributed by atoms with Crippen LogP contribution in [0.25, 0.3) is 10.9 Å². The Bertz CT molecular complexity index is 746. The standard InChI is InChI=1S/C19H23N3O/c1-13-11-18(22-9-3-2-4-10-22)21-17-8-7-15(12-16(13)17)20-19(23)14-5-6-14/h7-8,11-12,14H,2-6,9-10H2,1H3,(H,20,23)/p+1. The number of nitrogens with one attached hydrogen (secondary N) is 2. The summed E-state index contributed by atoms with van der Waals surface area (Å²) in [4.78, 5) is 17.9. The van der Waals surface area contributed by atoms with E-state index in [-0.39, 0.29) is 11.8 Å². The van der Waals surface area contributed by atoms with Gasteiger partial charge in [-0.15, -0.1) is 0 Å². The molecule has 2 fully saturated rings. The first-order valence-corrected chi connectivity index (χ1v) is 8.73. The number of hydrogen-bond donors (Lipinski definition) is 1. The summed E-state index contributed by atoms with van der Waals surface area (Å²) < 4.78 is 0. The van der Waals surface area contributed by atoms with Gasteiger partial charge in [-0.05, 0) is 62.8 Å². The van der Waals surface area contributed by atoms with Crippen LogP contribution in [-0.2, 0) is 4.79 Å². The maximum Gasteiger partial charge on any atom is 0.275 e. The molecule has 4 heteroatoms. The Morgan fingerprint density at radius 2 is 1.96 bits per heavy atom. The van der Waals surface area contributed by atoms with Gasteiger partial charge in [0.2, 0.25) is 5.91 Å². The number of pyridine rings is 1. The highest BCUT2D eigenvalue weighted by Crippen LogP contribution is 2.31. The van der Waals surface area contributed by atoms with Crippen molar-refractivity contribution in [3.63, 3.8) is 0 Å². The van der Waals surface area contributed by atoms with Crippen molar-refractivity contribution in [2.45, 2.75) is 39.0 Å². The van der Waals surface area contributed by atoms with Crippen LogP contribution in [0.15, 0.2) is 24.3 Å². The fourth-order valence-electron chi connectivity index (χ4n) is 3.41. The van der Waals surface area contributed by atoms with Crippen LogP contribution in [0, 0.1) is 12.8 Å². The van der Waals surface area contributed by atoms with Crippen LogP contribution < -0.4 is 15.2 Å². The number of rotatable bonds is 3. The lowest BCUT2D eigenvalue weighted by Gasteiger charge is -2.21. The Labute approximate surface area is 136 Å². The lowest BCUT2D eigenvalue weighted by atomic mass is 10.1. The number of H-pyrrole nitrogens is 1. The fourth-order valence-corrected chi connectivity index (χ4v) is 3.41. The van der Waals surface area contributed by atoms with Gasteiger partial charge in [0.25, 0.3) is 5.82 Å². The van der Waals surface area contributed by atoms with Gasteiger partial charge in [-0.1, -0.05) is 0 Å². The van der Waals surface area contributed by atoms with Crippen LogP contribution >= 0.6 is 0 Å². The SMILES string of the molecule is Cc1cc(N2CCCCC2)[nH+]c2ccc(NC(=O)C3CC3)cc12. The summed E-state index contributed by atoms with van der Waals surface area (Å²) in [7, 11) is 0. The zero-order chi connectivity index (χ0) is 15.8. The molecule has 1 aromatic carbocycles. The van der Waals surface area contributed by atoms with E-state index in [1.807, 2.05) is 6.07 Å². The largest absolute Gasteiger partial charge is 0.326 e. The predicted molar refractivity (Wildman–Crippen MR) is 92.7 cm³/mol. The van der Waals surface area contributed by atoms with Crippen LogP contribution in [0.1, 0.15) is 37.7 Å². The summed E-state index contributed by atoms with van der Waals surface area (Å²) in [6.07, 6.45) is 5.96. The van der Waals surface area contributed by atoms with Crippen molar-refractivity contribution >= 4 is 28.3 Å². The van der Waals surface area contributed by atoms with Gasteiger partial charge in [-0.2, -0.15) is 0 Å². The van der Waals surface area contributed by atoms with E-state index < -0.39 is 0 Å². The minimum atomic E-state index is 0.163. The van der Waals surface area contributed by atoms with E-state index in [0.717, 1.165) is 37.1 Å². The molecular weight excluding hydrogens is 286 g/mol. The second-order valence-electron chi connectivity index (χ2n) is 6.91. The van der Waals surface area contributed by atoms with E-state index in [0.29, 0.717) is 0 Å². The monoisotopic (exact) mass is 310 g/mol. The number of aromatic nitrogens is 1. The van der Waals surface area contributed by atoms with Gasteiger partial charge in [0, 0.05) is 23.1 Å². The molecule has 2 N–H and O–H groups in total. The van der Waals surface area contributed by atoms with E-state index in [1.165, 1.54) is 36.0 Å². The van der Waals surface area contributed by atoms with Crippen LogP contribution in [0.4, 0.5) is 11.5 Å². The Hall–Kier alpha value is -2.10. The van der Waals surface area contributed by atoms with Gasteiger partial charge < -0.3 is 5.32 Å². The molecule has 0 unspecified atom stereocenters. The van der Waals surface area contributed by atoms with Crippen LogP contribution in [0.3, 0.4) is 0 Å². The number of benzene rings is 1. The van der Waals surface area contributed by atoms with Crippen molar-refractivity contribution in [2.24, 2.45) is 5.92 Å². The summed E-state index contributed by atoms with van der Waals surface area (Å²) in [5, 5.41) is 4.22. The maximum absolute atomic E-state index is 11.9. The molecule has 0 bridgehead atoms. The molecule has 2 aromatic rings. The zero-order valence-corrected chi connectivity index (χ0v) is 13.7. The minimum Gasteiger partial charge on any atom is -0.326 e. The predicted octanol–water partition coefficient (Wildman–Crippen LogP) is 3.30. The summed E-state index contributed by atoms with van der Waals surface area (Å²) in [6, 6.07) is 8.40. The van der Waals surface area contributed by atoms with Crippen molar-refractivity contribution in [3.8, 4) is 0 Å². The number of carbonyl (C=O) groups is 1. The molecule has 2 aliphatic rings. The third-order valence-electron chi connectivity index (χ3n) is 4.97. The topological polar surface area (TPSA) is 46.5 Å². The first kappa shape index (κ1) is 14.5. The first-order chi connectivity index (χ1) is 11.2. The molecule has 1 amide bonds. The molecule has 120 valence electrons. The molecule has 0 radical (unpaired) electrons. The lowest BCUT2D eigenvalue weighted by molar-refractivity contribution is -0.330. The summed E-state index contributed by atoms with van der Waals surface area (Å²) in [5.41, 5.74) is 3.29. The Morgan fingerprint density at radius 1 is 1.17 bits per heavy atom. The molecule has 4 rings (SSSR count). The quantitative estimate of drug-likeness (QED) is 0.945. The molecule has 0 atom stereocenters. The van der Waals surface area contributed by atoms with Gasteiger partial charge in [0.15, 0.2) is 0 Å². The first-order valence-electron chi connectivity index (χ1n) is 8.73. The third-order valence-corrected chi connectivity index (χ3v) is 4.97. The average molecular weight is 310 g/mol. The minimum absolute atomic E-state index is 0.163. The molecule has 2 heterocycles. The van der Waals surface area contributed by atoms with Gasteiger partial charge >= 0.3 is 0 Å². The number of anilines is 2. The molecule has 1 saturated carbocycles. The number of amides is 1. The highest BCUT2D eigenvalue weighted by molar-refractivity contribution is 5.96. The van der Waals surface area contributed by atoms with Gasteiger partial charge in [0.05, 0.1) is 13.1 Å². The van der Waals surface area contributed by atoms with Crippen molar-refractivity contribution < 1.29 is 9.78 Å². The number of hydrogen-bond acceptors (Lipinski definition) is 2. The Balaban J connectivity index is 1.63. The Morgan fingerprint density at radius 3 is 2.70 bits per heavy atom. The highest BCUT2D eigenvalue weighted by atomic mass is 16.2. The Kier molecular flexibility index (Phi) is 3.68. The number of carbonyl (C=O) groups excluding carboxylic acids is 1. The van der Waals surface area contributed by atoms with Crippen molar-refractivity contribution in [3.05, 3.63) is 29.8 Å². The maximum atomic E-state index is 11.9. The second kappa shape index (κ2) is 5.84. The summed E-state index contributed by atoms with van der Waals surface area (Å²) in [5.74, 6) is 1.61. The van der Waals surface area contributed by atoms with E-state index in [1.54, 1.807) is 0 Å². The van der Waals surface area contributed by atoms with E-state index >= 15 is 0 Å². The molecule has 1 aliphatic heterocycles. The molecule has 1 saturated heterocycles. The highest BCUT2D eigenvalue weighted by Gasteiger charge is 2.29. The molecule has 4 nitrogen and oxygen atoms in total. The van der Waals surface area contributed by atoms with Crippen molar-refractivity contribution in [2.75, 3.05) is 23.3 Å².